The van der Waals surface area contributed by atoms with Crippen LogP contribution in [0.5, 0.6) is 0 Å². The average Bonchev–Trinajstić information content (AvgIpc) is 2.96. The average molecular weight is 291 g/mol. The highest BCUT2D eigenvalue weighted by atomic mass is 32.2. The van der Waals surface area contributed by atoms with Crippen molar-refractivity contribution in [1.82, 2.24) is 4.31 Å². The Kier molecular flexibility index (Phi) is 3.17. The molecule has 3 rings (SSSR count). The molecule has 1 aromatic heterocycles. The quantitative estimate of drug-likeness (QED) is 0.835. The number of nitrogens with zero attached hydrogens (tertiary/aromatic N) is 1. The van der Waals surface area contributed by atoms with Crippen LogP contribution in [0.15, 0.2) is 15.7 Å². The van der Waals surface area contributed by atoms with Crippen LogP contribution in [0.4, 0.5) is 4.39 Å². The molecule has 1 aliphatic heterocycles. The van der Waals surface area contributed by atoms with Gasteiger partial charge in [0.15, 0.2) is 10.0 Å². The normalized spacial score (nSPS) is 29.4. The molecule has 0 amide bonds. The van der Waals surface area contributed by atoms with Crippen molar-refractivity contribution in [3.63, 3.8) is 0 Å². The first-order valence-corrected chi connectivity index (χ1v) is 8.29. The van der Waals surface area contributed by atoms with Crippen molar-refractivity contribution in [2.24, 2.45) is 0 Å². The van der Waals surface area contributed by atoms with Crippen LogP contribution in [-0.4, -0.2) is 38.0 Å². The first kappa shape index (κ1) is 12.5. The minimum Gasteiger partial charge on any atom is -0.375 e. The van der Waals surface area contributed by atoms with E-state index in [1.165, 1.54) is 15.8 Å². The minimum absolute atomic E-state index is 0.0171. The van der Waals surface area contributed by atoms with E-state index in [1.54, 1.807) is 0 Å². The number of rotatable bonds is 2. The van der Waals surface area contributed by atoms with Crippen molar-refractivity contribution in [1.29, 1.82) is 0 Å². The summed E-state index contributed by atoms with van der Waals surface area (Å²) in [6, 6.07) is 1.08. The molecule has 2 heterocycles. The van der Waals surface area contributed by atoms with Gasteiger partial charge in [-0.25, -0.2) is 12.8 Å². The number of hydrogen-bond donors (Lipinski definition) is 0. The standard InChI is InChI=1S/C11H14FNO3S2/c12-8-4-7-17-11(8)18(14,15)13-5-6-16-10-3-1-2-9(10)13/h4,7,9-10H,1-3,5-6H2/t9-,10+/m1/s1. The van der Waals surface area contributed by atoms with Gasteiger partial charge in [0, 0.05) is 6.54 Å². The van der Waals surface area contributed by atoms with Crippen LogP contribution in [0.1, 0.15) is 19.3 Å². The highest BCUT2D eigenvalue weighted by molar-refractivity contribution is 7.91. The topological polar surface area (TPSA) is 46.6 Å². The summed E-state index contributed by atoms with van der Waals surface area (Å²) in [5.74, 6) is -0.652. The van der Waals surface area contributed by atoms with Crippen molar-refractivity contribution in [3.8, 4) is 0 Å². The first-order chi connectivity index (χ1) is 8.60. The van der Waals surface area contributed by atoms with Crippen molar-refractivity contribution < 1.29 is 17.5 Å². The SMILES string of the molecule is O=S(=O)(c1sccc1F)N1CCO[C@H]2CCC[C@H]21. The van der Waals surface area contributed by atoms with E-state index in [0.717, 1.165) is 30.6 Å². The van der Waals surface area contributed by atoms with Gasteiger partial charge in [0.2, 0.25) is 0 Å². The van der Waals surface area contributed by atoms with E-state index >= 15 is 0 Å². The second-order valence-electron chi connectivity index (χ2n) is 4.58. The fourth-order valence-electron chi connectivity index (χ4n) is 2.76. The molecule has 7 heteroatoms. The molecule has 0 bridgehead atoms. The zero-order valence-electron chi connectivity index (χ0n) is 9.71. The van der Waals surface area contributed by atoms with Gasteiger partial charge in [0.1, 0.15) is 0 Å². The van der Waals surface area contributed by atoms with Gasteiger partial charge in [0.25, 0.3) is 10.0 Å². The van der Waals surface area contributed by atoms with Crippen LogP contribution >= 0.6 is 11.3 Å². The smallest absolute Gasteiger partial charge is 0.255 e. The number of halogens is 1. The molecule has 1 aliphatic carbocycles. The summed E-state index contributed by atoms with van der Waals surface area (Å²) in [7, 11) is -3.71. The second kappa shape index (κ2) is 4.56. The maximum Gasteiger partial charge on any atom is 0.255 e. The Balaban J connectivity index is 1.96. The lowest BCUT2D eigenvalue weighted by atomic mass is 10.2. The van der Waals surface area contributed by atoms with Gasteiger partial charge in [-0.2, -0.15) is 4.31 Å². The van der Waals surface area contributed by atoms with E-state index in [1.807, 2.05) is 0 Å². The summed E-state index contributed by atoms with van der Waals surface area (Å²) < 4.78 is 45.3. The molecule has 0 N–H and O–H groups in total. The van der Waals surface area contributed by atoms with Crippen LogP contribution in [0.2, 0.25) is 0 Å². The van der Waals surface area contributed by atoms with Crippen LogP contribution in [0, 0.1) is 5.82 Å². The largest absolute Gasteiger partial charge is 0.375 e. The molecule has 1 aromatic rings. The van der Waals surface area contributed by atoms with Crippen LogP contribution < -0.4 is 0 Å². The van der Waals surface area contributed by atoms with E-state index in [9.17, 15) is 12.8 Å². The Bertz CT molecular complexity index is 542. The molecule has 100 valence electrons. The summed E-state index contributed by atoms with van der Waals surface area (Å²) in [4.78, 5) is 0. The second-order valence-corrected chi connectivity index (χ2v) is 7.58. The zero-order valence-corrected chi connectivity index (χ0v) is 11.3. The van der Waals surface area contributed by atoms with Gasteiger partial charge < -0.3 is 4.74 Å². The molecule has 1 saturated carbocycles. The fourth-order valence-corrected chi connectivity index (χ4v) is 5.63. The summed E-state index contributed by atoms with van der Waals surface area (Å²) >= 11 is 0.939. The molecule has 2 atom stereocenters. The highest BCUT2D eigenvalue weighted by Gasteiger charge is 2.43. The van der Waals surface area contributed by atoms with Gasteiger partial charge in [0.05, 0.1) is 18.8 Å². The maximum atomic E-state index is 13.5. The number of fused-ring (bicyclic) bond motifs is 1. The number of ether oxygens (including phenoxy) is 1. The molecule has 0 aromatic carbocycles. The van der Waals surface area contributed by atoms with Crippen molar-refractivity contribution in [2.75, 3.05) is 13.2 Å². The third-order valence-electron chi connectivity index (χ3n) is 3.56. The van der Waals surface area contributed by atoms with E-state index in [2.05, 4.69) is 0 Å². The van der Waals surface area contributed by atoms with Crippen LogP contribution in [-0.2, 0) is 14.8 Å². The van der Waals surface area contributed by atoms with Crippen molar-refractivity contribution in [2.45, 2.75) is 35.6 Å². The van der Waals surface area contributed by atoms with Gasteiger partial charge in [-0.3, -0.25) is 0 Å². The Hall–Kier alpha value is -0.500. The molecule has 4 nitrogen and oxygen atoms in total. The minimum atomic E-state index is -3.71. The predicted molar refractivity (Wildman–Crippen MR) is 65.5 cm³/mol. The number of hydrogen-bond acceptors (Lipinski definition) is 4. The fraction of sp³-hybridized carbons (Fsp3) is 0.636. The molecule has 1 saturated heterocycles. The van der Waals surface area contributed by atoms with Gasteiger partial charge in [-0.15, -0.1) is 11.3 Å². The third-order valence-corrected chi connectivity index (χ3v) is 6.89. The molecule has 2 fully saturated rings. The first-order valence-electron chi connectivity index (χ1n) is 5.97. The molecule has 0 radical (unpaired) electrons. The highest BCUT2D eigenvalue weighted by Crippen LogP contribution is 2.35. The van der Waals surface area contributed by atoms with Crippen LogP contribution in [0.25, 0.3) is 0 Å². The third kappa shape index (κ3) is 1.89. The summed E-state index contributed by atoms with van der Waals surface area (Å²) in [6.07, 6.45) is 2.64. The molecule has 0 spiro atoms. The number of morpholine rings is 1. The van der Waals surface area contributed by atoms with E-state index in [0.29, 0.717) is 13.2 Å². The Morgan fingerprint density at radius 3 is 3.00 bits per heavy atom. The lowest BCUT2D eigenvalue weighted by molar-refractivity contribution is -0.0241. The zero-order chi connectivity index (χ0) is 12.8. The Morgan fingerprint density at radius 1 is 1.44 bits per heavy atom. The maximum absolute atomic E-state index is 13.5. The summed E-state index contributed by atoms with van der Waals surface area (Å²) in [5, 5.41) is 1.47. The van der Waals surface area contributed by atoms with E-state index in [4.69, 9.17) is 4.74 Å². The van der Waals surface area contributed by atoms with Crippen molar-refractivity contribution in [3.05, 3.63) is 17.3 Å². The summed E-state index contributed by atoms with van der Waals surface area (Å²) in [6.45, 7) is 0.716. The molecule has 18 heavy (non-hydrogen) atoms. The lowest BCUT2D eigenvalue weighted by Crippen LogP contribution is -2.51. The Labute approximate surface area is 109 Å². The van der Waals surface area contributed by atoms with Gasteiger partial charge in [-0.1, -0.05) is 0 Å². The molecule has 0 unspecified atom stereocenters. The van der Waals surface area contributed by atoms with Crippen molar-refractivity contribution >= 4 is 21.4 Å². The van der Waals surface area contributed by atoms with Gasteiger partial charge in [-0.05, 0) is 30.7 Å². The van der Waals surface area contributed by atoms with E-state index in [-0.39, 0.29) is 16.4 Å². The molecule has 2 aliphatic rings. The van der Waals surface area contributed by atoms with Crippen LogP contribution in [0.3, 0.4) is 0 Å². The monoisotopic (exact) mass is 291 g/mol. The lowest BCUT2D eigenvalue weighted by Gasteiger charge is -2.36. The molecular formula is C11H14FNO3S2. The molecular weight excluding hydrogens is 277 g/mol. The number of sulfonamides is 1. The predicted octanol–water partition coefficient (Wildman–Crippen LogP) is 1.83. The van der Waals surface area contributed by atoms with E-state index < -0.39 is 15.8 Å². The Morgan fingerprint density at radius 2 is 2.28 bits per heavy atom. The summed E-state index contributed by atoms with van der Waals surface area (Å²) in [5.41, 5.74) is 0. The number of thiophene rings is 1. The van der Waals surface area contributed by atoms with Gasteiger partial charge >= 0.3 is 0 Å².